The third-order valence-electron chi connectivity index (χ3n) is 5.77. The van der Waals surface area contributed by atoms with Gasteiger partial charge in [-0.15, -0.1) is 0 Å². The molecule has 0 saturated carbocycles. The molecule has 6 rings (SSSR count). The topological polar surface area (TPSA) is 32.9 Å². The van der Waals surface area contributed by atoms with Gasteiger partial charge < -0.3 is 4.98 Å². The predicted molar refractivity (Wildman–Crippen MR) is 123 cm³/mol. The molecular weight excluding hydrogens is 354 g/mol. The molecule has 0 bridgehead atoms. The van der Waals surface area contributed by atoms with E-state index in [9.17, 15) is 4.79 Å². The molecule has 136 valence electrons. The summed E-state index contributed by atoms with van der Waals surface area (Å²) in [5.41, 5.74) is 3.08. The molecule has 0 amide bonds. The maximum absolute atomic E-state index is 12.6. The first kappa shape index (κ1) is 16.1. The molecule has 1 aromatic heterocycles. The molecule has 2 nitrogen and oxygen atoms in total. The Balaban J connectivity index is 1.69. The maximum atomic E-state index is 12.6. The first-order valence-electron chi connectivity index (χ1n) is 9.75. The van der Waals surface area contributed by atoms with E-state index in [1.807, 2.05) is 18.2 Å². The number of rotatable bonds is 1. The van der Waals surface area contributed by atoms with E-state index in [-0.39, 0.29) is 5.43 Å². The highest BCUT2D eigenvalue weighted by molar-refractivity contribution is 6.08. The zero-order valence-corrected chi connectivity index (χ0v) is 15.6. The number of hydrogen-bond donors (Lipinski definition) is 1. The van der Waals surface area contributed by atoms with Crippen LogP contribution in [0.4, 0.5) is 0 Å². The number of H-pyrrole nitrogens is 1. The van der Waals surface area contributed by atoms with E-state index in [4.69, 9.17) is 0 Å². The highest BCUT2D eigenvalue weighted by atomic mass is 16.1. The van der Waals surface area contributed by atoms with Gasteiger partial charge >= 0.3 is 0 Å². The molecule has 29 heavy (non-hydrogen) atoms. The number of aromatic amines is 1. The second kappa shape index (κ2) is 6.05. The summed E-state index contributed by atoms with van der Waals surface area (Å²) in [4.78, 5) is 16.1. The van der Waals surface area contributed by atoms with Crippen molar-refractivity contribution in [1.29, 1.82) is 0 Å². The quantitative estimate of drug-likeness (QED) is 0.254. The van der Waals surface area contributed by atoms with Crippen LogP contribution in [0.25, 0.3) is 54.5 Å². The fourth-order valence-corrected chi connectivity index (χ4v) is 4.34. The van der Waals surface area contributed by atoms with Gasteiger partial charge in [-0.3, -0.25) is 4.79 Å². The van der Waals surface area contributed by atoms with Crippen molar-refractivity contribution in [1.82, 2.24) is 4.98 Å². The van der Waals surface area contributed by atoms with Crippen LogP contribution in [0, 0.1) is 0 Å². The van der Waals surface area contributed by atoms with E-state index in [1.54, 1.807) is 6.07 Å². The minimum absolute atomic E-state index is 0.0467. The van der Waals surface area contributed by atoms with Gasteiger partial charge in [-0.25, -0.2) is 0 Å². The van der Waals surface area contributed by atoms with E-state index < -0.39 is 0 Å². The summed E-state index contributed by atoms with van der Waals surface area (Å²) in [6.45, 7) is 0. The Kier molecular flexibility index (Phi) is 3.35. The zero-order valence-electron chi connectivity index (χ0n) is 15.6. The van der Waals surface area contributed by atoms with Gasteiger partial charge in [0, 0.05) is 11.3 Å². The van der Waals surface area contributed by atoms with E-state index >= 15 is 0 Å². The number of fused-ring (bicyclic) bond motifs is 5. The highest BCUT2D eigenvalue weighted by Gasteiger charge is 2.09. The Bertz CT molecular complexity index is 1630. The lowest BCUT2D eigenvalue weighted by Crippen LogP contribution is -2.00. The molecule has 0 atom stereocenters. The van der Waals surface area contributed by atoms with E-state index in [2.05, 4.69) is 77.8 Å². The van der Waals surface area contributed by atoms with Crippen LogP contribution in [0.15, 0.2) is 102 Å². The van der Waals surface area contributed by atoms with Crippen LogP contribution in [0.2, 0.25) is 0 Å². The Hall–Kier alpha value is -3.91. The van der Waals surface area contributed by atoms with Crippen LogP contribution in [-0.4, -0.2) is 4.98 Å². The molecule has 1 heterocycles. The number of nitrogens with one attached hydrogen (secondary N) is 1. The molecule has 0 spiro atoms. The van der Waals surface area contributed by atoms with Crippen LogP contribution >= 0.6 is 0 Å². The lowest BCUT2D eigenvalue weighted by Gasteiger charge is -2.11. The SMILES string of the molecule is O=c1cccc2ccc3ccc(-c4cccc5cc6ccccc6cc45)[nH]c3c12. The van der Waals surface area contributed by atoms with Crippen molar-refractivity contribution in [3.8, 4) is 11.3 Å². The second-order valence-electron chi connectivity index (χ2n) is 7.48. The molecule has 0 saturated heterocycles. The average Bonchev–Trinajstić information content (AvgIpc) is 2.77. The van der Waals surface area contributed by atoms with Crippen LogP contribution in [0.5, 0.6) is 0 Å². The first-order valence-corrected chi connectivity index (χ1v) is 9.75. The molecule has 0 unspecified atom stereocenters. The van der Waals surface area contributed by atoms with Crippen molar-refractivity contribution in [3.05, 3.63) is 107 Å². The van der Waals surface area contributed by atoms with E-state index in [1.165, 1.54) is 21.5 Å². The van der Waals surface area contributed by atoms with Gasteiger partial charge in [0.1, 0.15) is 0 Å². The number of benzene rings is 5. The fourth-order valence-electron chi connectivity index (χ4n) is 4.34. The lowest BCUT2D eigenvalue weighted by atomic mass is 9.97. The lowest BCUT2D eigenvalue weighted by molar-refractivity contribution is 1.42. The fraction of sp³-hybridized carbons (Fsp3) is 0. The van der Waals surface area contributed by atoms with Crippen LogP contribution < -0.4 is 5.43 Å². The van der Waals surface area contributed by atoms with Crippen molar-refractivity contribution in [2.45, 2.75) is 0 Å². The molecule has 1 N–H and O–H groups in total. The van der Waals surface area contributed by atoms with E-state index in [0.717, 1.165) is 32.9 Å². The van der Waals surface area contributed by atoms with Gasteiger partial charge in [-0.1, -0.05) is 72.8 Å². The smallest absolute Gasteiger partial charge is 0.188 e. The third kappa shape index (κ3) is 2.46. The zero-order chi connectivity index (χ0) is 19.4. The second-order valence-corrected chi connectivity index (χ2v) is 7.48. The van der Waals surface area contributed by atoms with Crippen molar-refractivity contribution in [2.24, 2.45) is 0 Å². The highest BCUT2D eigenvalue weighted by Crippen LogP contribution is 2.32. The van der Waals surface area contributed by atoms with Crippen molar-refractivity contribution < 1.29 is 0 Å². The average molecular weight is 371 g/mol. The molecular formula is C27H17NO. The van der Waals surface area contributed by atoms with Crippen LogP contribution in [0.3, 0.4) is 0 Å². The standard InChI is InChI=1S/C27H17NO/c29-25-10-4-7-17-11-12-18-13-14-24(28-27(18)26(17)25)22-9-3-8-21-15-19-5-1-2-6-20(19)16-23(21)22/h1-16,28H. The molecule has 2 heteroatoms. The molecule has 0 fully saturated rings. The largest absolute Gasteiger partial charge is 0.354 e. The number of pyridine rings is 1. The number of hydrogen-bond acceptors (Lipinski definition) is 1. The Morgan fingerprint density at radius 1 is 0.552 bits per heavy atom. The summed E-state index contributed by atoms with van der Waals surface area (Å²) >= 11 is 0. The van der Waals surface area contributed by atoms with Crippen LogP contribution in [-0.2, 0) is 0 Å². The van der Waals surface area contributed by atoms with Crippen molar-refractivity contribution in [3.63, 3.8) is 0 Å². The summed E-state index contributed by atoms with van der Waals surface area (Å²) in [6.07, 6.45) is 0. The summed E-state index contributed by atoms with van der Waals surface area (Å²) in [5.74, 6) is 0. The minimum atomic E-state index is 0.0467. The Morgan fingerprint density at radius 2 is 1.24 bits per heavy atom. The molecule has 0 aliphatic heterocycles. The third-order valence-corrected chi connectivity index (χ3v) is 5.77. The number of aromatic nitrogens is 1. The first-order chi connectivity index (χ1) is 14.3. The van der Waals surface area contributed by atoms with Crippen molar-refractivity contribution >= 4 is 43.2 Å². The Labute approximate surface area is 167 Å². The summed E-state index contributed by atoms with van der Waals surface area (Å²) < 4.78 is 0. The normalized spacial score (nSPS) is 11.6. The van der Waals surface area contributed by atoms with Gasteiger partial charge in [0.05, 0.1) is 10.9 Å². The molecule has 0 aliphatic rings. The van der Waals surface area contributed by atoms with Crippen molar-refractivity contribution in [2.75, 3.05) is 0 Å². The monoisotopic (exact) mass is 371 g/mol. The summed E-state index contributed by atoms with van der Waals surface area (Å²) in [5, 5.41) is 7.61. The Morgan fingerprint density at radius 3 is 2.14 bits per heavy atom. The van der Waals surface area contributed by atoms with Gasteiger partial charge in [0.25, 0.3) is 0 Å². The molecule has 0 aliphatic carbocycles. The maximum Gasteiger partial charge on any atom is 0.188 e. The minimum Gasteiger partial charge on any atom is -0.354 e. The van der Waals surface area contributed by atoms with Gasteiger partial charge in [0.15, 0.2) is 5.43 Å². The summed E-state index contributed by atoms with van der Waals surface area (Å²) in [7, 11) is 0. The molecule has 0 radical (unpaired) electrons. The van der Waals surface area contributed by atoms with Gasteiger partial charge in [-0.2, -0.15) is 0 Å². The van der Waals surface area contributed by atoms with Gasteiger partial charge in [-0.05, 0) is 56.6 Å². The molecule has 5 aromatic carbocycles. The summed E-state index contributed by atoms with van der Waals surface area (Å²) in [6, 6.07) is 33.0. The predicted octanol–water partition coefficient (Wildman–Crippen LogP) is 6.65. The van der Waals surface area contributed by atoms with E-state index in [0.29, 0.717) is 0 Å². The van der Waals surface area contributed by atoms with Gasteiger partial charge in [0.2, 0.25) is 0 Å². The molecule has 6 aromatic rings. The van der Waals surface area contributed by atoms with Crippen LogP contribution in [0.1, 0.15) is 0 Å².